The van der Waals surface area contributed by atoms with Gasteiger partial charge >= 0.3 is 6.03 Å². The van der Waals surface area contributed by atoms with Gasteiger partial charge in [0.15, 0.2) is 0 Å². The van der Waals surface area contributed by atoms with E-state index in [1.165, 1.54) is 0 Å². The summed E-state index contributed by atoms with van der Waals surface area (Å²) >= 11 is 0. The molecule has 3 aromatic rings. The summed E-state index contributed by atoms with van der Waals surface area (Å²) in [5, 5.41) is 7.06. The van der Waals surface area contributed by atoms with Gasteiger partial charge in [-0.1, -0.05) is 24.3 Å². The number of nitrogens with zero attached hydrogens (tertiary/aromatic N) is 3. The summed E-state index contributed by atoms with van der Waals surface area (Å²) in [6.45, 7) is 0. The second-order valence-corrected chi connectivity index (χ2v) is 4.37. The molecule has 0 saturated carbocycles. The number of benzene rings is 1. The average Bonchev–Trinajstić information content (AvgIpc) is 2.92. The van der Waals surface area contributed by atoms with Gasteiger partial charge in [-0.25, -0.2) is 9.48 Å². The highest BCUT2D eigenvalue weighted by molar-refractivity contribution is 5.87. The lowest BCUT2D eigenvalue weighted by molar-refractivity contribution is 0.259. The molecule has 0 bridgehead atoms. The second kappa shape index (κ2) is 5.46. The summed E-state index contributed by atoms with van der Waals surface area (Å²) in [6.07, 6.45) is 1.69. The molecule has 1 aromatic carbocycles. The number of amides is 2. The molecule has 2 heterocycles. The van der Waals surface area contributed by atoms with Crippen molar-refractivity contribution in [1.29, 1.82) is 0 Å². The zero-order valence-electron chi connectivity index (χ0n) is 11.1. The number of rotatable bonds is 3. The van der Waals surface area contributed by atoms with Crippen LogP contribution in [-0.4, -0.2) is 20.8 Å². The first-order valence-electron chi connectivity index (χ1n) is 6.37. The molecule has 0 aliphatic carbocycles. The first-order chi connectivity index (χ1) is 10.2. The van der Waals surface area contributed by atoms with Crippen LogP contribution in [0.4, 0.5) is 10.6 Å². The summed E-state index contributed by atoms with van der Waals surface area (Å²) < 4.78 is 1.62. The van der Waals surface area contributed by atoms with Crippen molar-refractivity contribution in [2.45, 2.75) is 0 Å². The van der Waals surface area contributed by atoms with E-state index in [4.69, 9.17) is 5.73 Å². The molecular weight excluding hydrogens is 266 g/mol. The smallest absolute Gasteiger partial charge is 0.317 e. The fourth-order valence-corrected chi connectivity index (χ4v) is 2.00. The number of hydrogen-bond acceptors (Lipinski definition) is 3. The largest absolute Gasteiger partial charge is 0.351 e. The molecule has 3 N–H and O–H groups in total. The van der Waals surface area contributed by atoms with Crippen molar-refractivity contribution in [2.75, 3.05) is 5.32 Å². The molecule has 21 heavy (non-hydrogen) atoms. The molecule has 0 radical (unpaired) electrons. The fourth-order valence-electron chi connectivity index (χ4n) is 2.00. The van der Waals surface area contributed by atoms with Gasteiger partial charge in [-0.2, -0.15) is 5.10 Å². The van der Waals surface area contributed by atoms with E-state index < -0.39 is 6.03 Å². The third kappa shape index (κ3) is 2.74. The molecule has 0 spiro atoms. The molecule has 104 valence electrons. The molecule has 2 amide bonds. The molecule has 6 nitrogen and oxygen atoms in total. The van der Waals surface area contributed by atoms with Crippen LogP contribution in [-0.2, 0) is 0 Å². The number of primary amides is 1. The number of urea groups is 1. The number of carbonyl (C=O) groups excluding carboxylic acids is 1. The topological polar surface area (TPSA) is 85.8 Å². The number of carbonyl (C=O) groups is 1. The lowest BCUT2D eigenvalue weighted by Crippen LogP contribution is -2.21. The van der Waals surface area contributed by atoms with Crippen molar-refractivity contribution in [1.82, 2.24) is 14.8 Å². The monoisotopic (exact) mass is 279 g/mol. The third-order valence-corrected chi connectivity index (χ3v) is 2.89. The standard InChI is InChI=1S/C15H13N5O/c16-15(21)18-14-10-13(12-8-4-5-9-17-12)19-20(14)11-6-2-1-3-7-11/h1-10H,(H3,16,18,21). The molecular formula is C15H13N5O. The number of nitrogens with two attached hydrogens (primary N) is 1. The van der Waals surface area contributed by atoms with E-state index in [0.717, 1.165) is 11.4 Å². The van der Waals surface area contributed by atoms with Crippen LogP contribution in [0.15, 0.2) is 60.8 Å². The first-order valence-corrected chi connectivity index (χ1v) is 6.37. The summed E-state index contributed by atoms with van der Waals surface area (Å²) in [4.78, 5) is 15.4. The van der Waals surface area contributed by atoms with Gasteiger partial charge in [-0.3, -0.25) is 10.3 Å². The Morgan fingerprint density at radius 3 is 2.48 bits per heavy atom. The van der Waals surface area contributed by atoms with Crippen molar-refractivity contribution in [3.63, 3.8) is 0 Å². The minimum atomic E-state index is -0.639. The Kier molecular flexibility index (Phi) is 3.34. The van der Waals surface area contributed by atoms with Gasteiger partial charge in [-0.15, -0.1) is 0 Å². The lowest BCUT2D eigenvalue weighted by Gasteiger charge is -2.06. The fraction of sp³-hybridized carbons (Fsp3) is 0. The highest BCUT2D eigenvalue weighted by Gasteiger charge is 2.12. The predicted molar refractivity (Wildman–Crippen MR) is 80.0 cm³/mol. The normalized spacial score (nSPS) is 10.3. The van der Waals surface area contributed by atoms with Crippen molar-refractivity contribution >= 4 is 11.8 Å². The Labute approximate surface area is 121 Å². The van der Waals surface area contributed by atoms with Crippen LogP contribution in [0.1, 0.15) is 0 Å². The number of para-hydroxylation sites is 1. The number of pyridine rings is 1. The van der Waals surface area contributed by atoms with E-state index in [-0.39, 0.29) is 0 Å². The average molecular weight is 279 g/mol. The third-order valence-electron chi connectivity index (χ3n) is 2.89. The zero-order chi connectivity index (χ0) is 14.7. The molecule has 3 rings (SSSR count). The van der Waals surface area contributed by atoms with Gasteiger partial charge in [0, 0.05) is 12.3 Å². The molecule has 2 aromatic heterocycles. The Morgan fingerprint density at radius 2 is 1.81 bits per heavy atom. The van der Waals surface area contributed by atoms with Crippen LogP contribution >= 0.6 is 0 Å². The van der Waals surface area contributed by atoms with Gasteiger partial charge in [0.05, 0.1) is 11.4 Å². The number of hydrogen-bond donors (Lipinski definition) is 2. The Hall–Kier alpha value is -3.15. The minimum absolute atomic E-state index is 0.495. The van der Waals surface area contributed by atoms with Crippen molar-refractivity contribution < 1.29 is 4.79 Å². The molecule has 0 aliphatic heterocycles. The van der Waals surface area contributed by atoms with E-state index in [1.54, 1.807) is 16.9 Å². The van der Waals surface area contributed by atoms with Gasteiger partial charge in [0.2, 0.25) is 0 Å². The number of anilines is 1. The summed E-state index contributed by atoms with van der Waals surface area (Å²) in [7, 11) is 0. The maximum Gasteiger partial charge on any atom is 0.317 e. The highest BCUT2D eigenvalue weighted by atomic mass is 16.2. The van der Waals surface area contributed by atoms with E-state index >= 15 is 0 Å². The van der Waals surface area contributed by atoms with E-state index in [9.17, 15) is 4.79 Å². The predicted octanol–water partition coefficient (Wildman–Crippen LogP) is 2.42. The summed E-state index contributed by atoms with van der Waals surface area (Å²) in [5.74, 6) is 0.495. The van der Waals surface area contributed by atoms with Crippen molar-refractivity contribution in [2.24, 2.45) is 5.73 Å². The molecule has 0 fully saturated rings. The molecule has 0 saturated heterocycles. The van der Waals surface area contributed by atoms with Crippen molar-refractivity contribution in [3.05, 3.63) is 60.8 Å². The van der Waals surface area contributed by atoms with Crippen LogP contribution in [0.25, 0.3) is 17.1 Å². The summed E-state index contributed by atoms with van der Waals surface area (Å²) in [5.41, 5.74) is 7.41. The number of aromatic nitrogens is 3. The van der Waals surface area contributed by atoms with Crippen LogP contribution < -0.4 is 11.1 Å². The van der Waals surface area contributed by atoms with Crippen LogP contribution in [0.2, 0.25) is 0 Å². The molecule has 0 unspecified atom stereocenters. The molecule has 6 heteroatoms. The van der Waals surface area contributed by atoms with Gasteiger partial charge in [-0.05, 0) is 24.3 Å². The maximum absolute atomic E-state index is 11.2. The van der Waals surface area contributed by atoms with E-state index in [0.29, 0.717) is 11.5 Å². The van der Waals surface area contributed by atoms with E-state index in [1.807, 2.05) is 48.5 Å². The second-order valence-electron chi connectivity index (χ2n) is 4.37. The zero-order valence-corrected chi connectivity index (χ0v) is 11.1. The molecule has 0 aliphatic rings. The molecule has 0 atom stereocenters. The first kappa shape index (κ1) is 12.9. The van der Waals surface area contributed by atoms with Gasteiger partial charge in [0.25, 0.3) is 0 Å². The van der Waals surface area contributed by atoms with Crippen LogP contribution in [0.3, 0.4) is 0 Å². The Morgan fingerprint density at radius 1 is 1.05 bits per heavy atom. The van der Waals surface area contributed by atoms with Crippen LogP contribution in [0, 0.1) is 0 Å². The van der Waals surface area contributed by atoms with Crippen LogP contribution in [0.5, 0.6) is 0 Å². The SMILES string of the molecule is NC(=O)Nc1cc(-c2ccccn2)nn1-c1ccccc1. The number of nitrogens with one attached hydrogen (secondary N) is 1. The lowest BCUT2D eigenvalue weighted by atomic mass is 10.3. The van der Waals surface area contributed by atoms with Gasteiger partial charge < -0.3 is 5.73 Å². The van der Waals surface area contributed by atoms with E-state index in [2.05, 4.69) is 15.4 Å². The minimum Gasteiger partial charge on any atom is -0.351 e. The summed E-state index contributed by atoms with van der Waals surface area (Å²) in [6, 6.07) is 16.1. The Balaban J connectivity index is 2.10. The van der Waals surface area contributed by atoms with Gasteiger partial charge in [0.1, 0.15) is 11.5 Å². The highest BCUT2D eigenvalue weighted by Crippen LogP contribution is 2.23. The maximum atomic E-state index is 11.2. The van der Waals surface area contributed by atoms with Crippen molar-refractivity contribution in [3.8, 4) is 17.1 Å². The quantitative estimate of drug-likeness (QED) is 0.772. The Bertz CT molecular complexity index is 752.